The molecule has 140 valence electrons. The smallest absolute Gasteiger partial charge is 0.257 e. The Balaban J connectivity index is 1.43. The van der Waals surface area contributed by atoms with Gasteiger partial charge in [0.05, 0.1) is 5.69 Å². The maximum absolute atomic E-state index is 12.4. The summed E-state index contributed by atoms with van der Waals surface area (Å²) in [6.45, 7) is 0. The Labute approximate surface area is 173 Å². The van der Waals surface area contributed by atoms with Gasteiger partial charge in [-0.1, -0.05) is 23.2 Å². The standard InChI is InChI=1S/C18H12Cl2N6OS/c19-13-3-6-16(20)12(7-13)8-15-9-21-18(28-15)23-17(27)11-1-4-14(5-2-11)26-10-22-24-25-26/h1-7,9-10H,8H2,(H,21,23,27). The quantitative estimate of drug-likeness (QED) is 0.510. The summed E-state index contributed by atoms with van der Waals surface area (Å²) >= 11 is 13.6. The third-order valence-corrected chi connectivity index (χ3v) is 5.41. The lowest BCUT2D eigenvalue weighted by Crippen LogP contribution is -2.11. The number of benzene rings is 2. The van der Waals surface area contributed by atoms with Crippen molar-refractivity contribution in [1.82, 2.24) is 25.2 Å². The van der Waals surface area contributed by atoms with Gasteiger partial charge in [0, 0.05) is 33.1 Å². The molecule has 2 aromatic heterocycles. The third kappa shape index (κ3) is 4.19. The first kappa shape index (κ1) is 18.5. The van der Waals surface area contributed by atoms with Crippen LogP contribution in [0.1, 0.15) is 20.8 Å². The highest BCUT2D eigenvalue weighted by Gasteiger charge is 2.11. The van der Waals surface area contributed by atoms with Crippen LogP contribution in [0.2, 0.25) is 10.0 Å². The number of aromatic nitrogens is 5. The zero-order valence-electron chi connectivity index (χ0n) is 14.2. The summed E-state index contributed by atoms with van der Waals surface area (Å²) in [4.78, 5) is 17.7. The number of nitrogens with zero attached hydrogens (tertiary/aromatic N) is 5. The van der Waals surface area contributed by atoms with E-state index in [1.165, 1.54) is 22.3 Å². The number of thiazole rings is 1. The second-order valence-corrected chi connectivity index (χ2v) is 7.76. The molecule has 0 unspecified atom stereocenters. The normalized spacial score (nSPS) is 10.8. The highest BCUT2D eigenvalue weighted by atomic mass is 35.5. The van der Waals surface area contributed by atoms with Gasteiger partial charge in [-0.05, 0) is 58.5 Å². The van der Waals surface area contributed by atoms with E-state index >= 15 is 0 Å². The number of hydrogen-bond acceptors (Lipinski definition) is 6. The highest BCUT2D eigenvalue weighted by molar-refractivity contribution is 7.15. The summed E-state index contributed by atoms with van der Waals surface area (Å²) < 4.78 is 1.51. The number of rotatable bonds is 5. The molecule has 28 heavy (non-hydrogen) atoms. The van der Waals surface area contributed by atoms with Crippen LogP contribution in [0, 0.1) is 0 Å². The Kier molecular flexibility index (Phi) is 5.34. The first-order chi connectivity index (χ1) is 13.6. The van der Waals surface area contributed by atoms with Crippen molar-refractivity contribution in [2.24, 2.45) is 0 Å². The van der Waals surface area contributed by atoms with Crippen LogP contribution in [0.5, 0.6) is 0 Å². The number of tetrazole rings is 1. The average molecular weight is 431 g/mol. The predicted molar refractivity (Wildman–Crippen MR) is 108 cm³/mol. The third-order valence-electron chi connectivity index (χ3n) is 3.89. The summed E-state index contributed by atoms with van der Waals surface area (Å²) in [5, 5.41) is 15.6. The lowest BCUT2D eigenvalue weighted by molar-refractivity contribution is 0.102. The van der Waals surface area contributed by atoms with E-state index in [1.54, 1.807) is 42.6 Å². The van der Waals surface area contributed by atoms with E-state index in [2.05, 4.69) is 25.8 Å². The van der Waals surface area contributed by atoms with Gasteiger partial charge in [-0.2, -0.15) is 0 Å². The fourth-order valence-corrected chi connectivity index (χ4v) is 3.74. The minimum Gasteiger partial charge on any atom is -0.298 e. The fourth-order valence-electron chi connectivity index (χ4n) is 2.53. The molecule has 1 amide bonds. The summed E-state index contributed by atoms with van der Waals surface area (Å²) in [5.41, 5.74) is 2.18. The van der Waals surface area contributed by atoms with Crippen molar-refractivity contribution in [2.75, 3.05) is 5.32 Å². The van der Waals surface area contributed by atoms with Gasteiger partial charge < -0.3 is 0 Å². The van der Waals surface area contributed by atoms with Crippen LogP contribution < -0.4 is 5.32 Å². The molecule has 7 nitrogen and oxygen atoms in total. The second-order valence-electron chi connectivity index (χ2n) is 5.80. The Hall–Kier alpha value is -2.81. The Morgan fingerprint density at radius 1 is 1.14 bits per heavy atom. The molecule has 0 radical (unpaired) electrons. The van der Waals surface area contributed by atoms with Gasteiger partial charge >= 0.3 is 0 Å². The SMILES string of the molecule is O=C(Nc1ncc(Cc2cc(Cl)ccc2Cl)s1)c1ccc(-n2cnnn2)cc1. The molecule has 0 fully saturated rings. The molecular weight excluding hydrogens is 419 g/mol. The Morgan fingerprint density at radius 2 is 1.96 bits per heavy atom. The van der Waals surface area contributed by atoms with Crippen molar-refractivity contribution in [3.8, 4) is 5.69 Å². The second kappa shape index (κ2) is 8.05. The maximum Gasteiger partial charge on any atom is 0.257 e. The van der Waals surface area contributed by atoms with Crippen LogP contribution >= 0.6 is 34.5 Å². The van der Waals surface area contributed by atoms with E-state index < -0.39 is 0 Å². The van der Waals surface area contributed by atoms with Crippen LogP contribution in [-0.2, 0) is 6.42 Å². The largest absolute Gasteiger partial charge is 0.298 e. The number of nitrogens with one attached hydrogen (secondary N) is 1. The van der Waals surface area contributed by atoms with Gasteiger partial charge in [-0.15, -0.1) is 16.4 Å². The van der Waals surface area contributed by atoms with Gasteiger partial charge in [-0.25, -0.2) is 9.67 Å². The van der Waals surface area contributed by atoms with Gasteiger partial charge in [0.15, 0.2) is 5.13 Å². The zero-order valence-corrected chi connectivity index (χ0v) is 16.5. The number of amides is 1. The van der Waals surface area contributed by atoms with E-state index in [-0.39, 0.29) is 5.91 Å². The molecule has 10 heteroatoms. The molecule has 0 saturated carbocycles. The minimum atomic E-state index is -0.245. The molecule has 4 aromatic rings. The molecule has 0 atom stereocenters. The van der Waals surface area contributed by atoms with Crippen LogP contribution in [-0.4, -0.2) is 31.1 Å². The van der Waals surface area contributed by atoms with Crippen LogP contribution in [0.25, 0.3) is 5.69 Å². The molecule has 0 spiro atoms. The molecule has 0 aliphatic carbocycles. The first-order valence-electron chi connectivity index (χ1n) is 8.12. The molecule has 0 saturated heterocycles. The molecule has 2 heterocycles. The van der Waals surface area contributed by atoms with Gasteiger partial charge in [0.2, 0.25) is 0 Å². The van der Waals surface area contributed by atoms with Crippen molar-refractivity contribution >= 4 is 45.6 Å². The average Bonchev–Trinajstić information content (AvgIpc) is 3.37. The minimum absolute atomic E-state index is 0.245. The molecule has 0 bridgehead atoms. The maximum atomic E-state index is 12.4. The predicted octanol–water partition coefficient (Wildman–Crippen LogP) is 4.27. The summed E-state index contributed by atoms with van der Waals surface area (Å²) in [7, 11) is 0. The van der Waals surface area contributed by atoms with Crippen molar-refractivity contribution in [3.05, 3.63) is 81.0 Å². The van der Waals surface area contributed by atoms with Gasteiger partial charge in [0.1, 0.15) is 6.33 Å². The van der Waals surface area contributed by atoms with Gasteiger partial charge in [-0.3, -0.25) is 10.1 Å². The number of halogens is 2. The molecular formula is C18H12Cl2N6OS. The lowest BCUT2D eigenvalue weighted by Gasteiger charge is -2.04. The fraction of sp³-hybridized carbons (Fsp3) is 0.0556. The van der Waals surface area contributed by atoms with E-state index in [0.717, 1.165) is 16.1 Å². The van der Waals surface area contributed by atoms with Crippen LogP contribution in [0.3, 0.4) is 0 Å². The van der Waals surface area contributed by atoms with Crippen molar-refractivity contribution < 1.29 is 4.79 Å². The summed E-state index contributed by atoms with van der Waals surface area (Å²) in [5.74, 6) is -0.245. The highest BCUT2D eigenvalue weighted by Crippen LogP contribution is 2.27. The number of carbonyl (C=O) groups excluding carboxylic acids is 1. The van der Waals surface area contributed by atoms with E-state index in [1.807, 2.05) is 6.07 Å². The van der Waals surface area contributed by atoms with Crippen molar-refractivity contribution in [1.29, 1.82) is 0 Å². The number of anilines is 1. The summed E-state index contributed by atoms with van der Waals surface area (Å²) in [6, 6.07) is 12.3. The molecule has 2 aromatic carbocycles. The van der Waals surface area contributed by atoms with Crippen molar-refractivity contribution in [3.63, 3.8) is 0 Å². The van der Waals surface area contributed by atoms with Gasteiger partial charge in [0.25, 0.3) is 5.91 Å². The lowest BCUT2D eigenvalue weighted by atomic mass is 10.1. The number of carbonyl (C=O) groups is 1. The van der Waals surface area contributed by atoms with Crippen molar-refractivity contribution in [2.45, 2.75) is 6.42 Å². The topological polar surface area (TPSA) is 85.6 Å². The van der Waals surface area contributed by atoms with Crippen LogP contribution in [0.15, 0.2) is 55.0 Å². The zero-order chi connectivity index (χ0) is 19.5. The Bertz CT molecular complexity index is 1110. The van der Waals surface area contributed by atoms with E-state index in [9.17, 15) is 4.79 Å². The summed E-state index contributed by atoms with van der Waals surface area (Å²) in [6.07, 6.45) is 3.80. The van der Waals surface area contributed by atoms with E-state index in [4.69, 9.17) is 23.2 Å². The van der Waals surface area contributed by atoms with E-state index in [0.29, 0.717) is 27.2 Å². The molecule has 1 N–H and O–H groups in total. The monoisotopic (exact) mass is 430 g/mol. The molecule has 4 rings (SSSR count). The number of hydrogen-bond donors (Lipinski definition) is 1. The molecule has 0 aliphatic rings. The van der Waals surface area contributed by atoms with Crippen LogP contribution in [0.4, 0.5) is 5.13 Å². The molecule has 0 aliphatic heterocycles. The Morgan fingerprint density at radius 3 is 2.71 bits per heavy atom. The first-order valence-corrected chi connectivity index (χ1v) is 9.69.